The maximum absolute atomic E-state index is 9.08. The van der Waals surface area contributed by atoms with Crippen LogP contribution in [0, 0.1) is 0 Å². The summed E-state index contributed by atoms with van der Waals surface area (Å²) < 4.78 is 5.27. The molecule has 0 saturated heterocycles. The van der Waals surface area contributed by atoms with Gasteiger partial charge in [-0.3, -0.25) is 0 Å². The number of rotatable bonds is 2. The molecule has 1 aromatic heterocycles. The first-order chi connectivity index (χ1) is 7.22. The van der Waals surface area contributed by atoms with Gasteiger partial charge in [0.2, 0.25) is 0 Å². The Hall–Kier alpha value is -0.960. The van der Waals surface area contributed by atoms with E-state index in [4.69, 9.17) is 32.7 Å². The average Bonchev–Trinajstić information content (AvgIpc) is 2.65. The summed E-state index contributed by atoms with van der Waals surface area (Å²) in [5, 5.41) is 10.2. The number of benzene rings is 1. The molecule has 1 aromatic carbocycles. The van der Waals surface area contributed by atoms with Crippen molar-refractivity contribution in [3.05, 3.63) is 46.1 Å². The second-order valence-corrected chi connectivity index (χ2v) is 3.90. The summed E-state index contributed by atoms with van der Waals surface area (Å²) in [5.74, 6) is 0.583. The van der Waals surface area contributed by atoms with E-state index in [2.05, 4.69) is 0 Å². The lowest BCUT2D eigenvalue weighted by molar-refractivity contribution is 0.281. The Kier molecular flexibility index (Phi) is 3.00. The molecule has 4 heteroatoms. The van der Waals surface area contributed by atoms with Crippen LogP contribution in [-0.2, 0) is 6.61 Å². The van der Waals surface area contributed by atoms with Gasteiger partial charge in [0.15, 0.2) is 0 Å². The van der Waals surface area contributed by atoms with E-state index in [0.717, 1.165) is 5.56 Å². The summed E-state index contributed by atoms with van der Waals surface area (Å²) >= 11 is 11.8. The fraction of sp³-hybridized carbons (Fsp3) is 0.0909. The first kappa shape index (κ1) is 10.6. The average molecular weight is 243 g/mol. The van der Waals surface area contributed by atoms with Gasteiger partial charge in [0.1, 0.15) is 5.76 Å². The Labute approximate surface area is 97.0 Å². The lowest BCUT2D eigenvalue weighted by atomic mass is 10.1. The van der Waals surface area contributed by atoms with Gasteiger partial charge in [0, 0.05) is 16.1 Å². The molecular weight excluding hydrogens is 235 g/mol. The second-order valence-electron chi connectivity index (χ2n) is 3.06. The third kappa shape index (κ3) is 2.02. The van der Waals surface area contributed by atoms with Crippen LogP contribution in [0.15, 0.2) is 34.9 Å². The summed E-state index contributed by atoms with van der Waals surface area (Å²) in [6, 6.07) is 6.84. The summed E-state index contributed by atoms with van der Waals surface area (Å²) in [6.45, 7) is -0.0786. The van der Waals surface area contributed by atoms with Crippen LogP contribution in [0.5, 0.6) is 0 Å². The summed E-state index contributed by atoms with van der Waals surface area (Å²) in [4.78, 5) is 0. The smallest absolute Gasteiger partial charge is 0.140 e. The van der Waals surface area contributed by atoms with E-state index in [9.17, 15) is 0 Å². The Morgan fingerprint density at radius 3 is 2.67 bits per heavy atom. The van der Waals surface area contributed by atoms with Crippen molar-refractivity contribution in [1.82, 2.24) is 0 Å². The van der Waals surface area contributed by atoms with Gasteiger partial charge in [-0.25, -0.2) is 0 Å². The quantitative estimate of drug-likeness (QED) is 0.871. The van der Waals surface area contributed by atoms with Crippen molar-refractivity contribution < 1.29 is 9.52 Å². The molecule has 0 unspecified atom stereocenters. The van der Waals surface area contributed by atoms with E-state index in [1.807, 2.05) is 0 Å². The fourth-order valence-corrected chi connectivity index (χ4v) is 1.86. The van der Waals surface area contributed by atoms with Crippen LogP contribution < -0.4 is 0 Å². The minimum atomic E-state index is -0.0786. The third-order valence-electron chi connectivity index (χ3n) is 2.09. The highest BCUT2D eigenvalue weighted by Crippen LogP contribution is 2.33. The van der Waals surface area contributed by atoms with Crippen molar-refractivity contribution in [1.29, 1.82) is 0 Å². The van der Waals surface area contributed by atoms with Gasteiger partial charge >= 0.3 is 0 Å². The molecule has 0 radical (unpaired) electrons. The molecule has 1 N–H and O–H groups in total. The first-order valence-electron chi connectivity index (χ1n) is 4.35. The fourth-order valence-electron chi connectivity index (χ4n) is 1.37. The van der Waals surface area contributed by atoms with Crippen molar-refractivity contribution in [2.45, 2.75) is 6.61 Å². The minimum Gasteiger partial charge on any atom is -0.464 e. The third-order valence-corrected chi connectivity index (χ3v) is 2.64. The van der Waals surface area contributed by atoms with Crippen molar-refractivity contribution in [3.8, 4) is 11.3 Å². The van der Waals surface area contributed by atoms with Gasteiger partial charge < -0.3 is 9.52 Å². The molecule has 0 aliphatic carbocycles. The van der Waals surface area contributed by atoms with Gasteiger partial charge in [-0.2, -0.15) is 0 Å². The van der Waals surface area contributed by atoms with Gasteiger partial charge in [0.25, 0.3) is 0 Å². The molecule has 78 valence electrons. The van der Waals surface area contributed by atoms with Crippen molar-refractivity contribution in [2.24, 2.45) is 0 Å². The number of aliphatic hydroxyl groups excluding tert-OH is 1. The van der Waals surface area contributed by atoms with Crippen LogP contribution in [-0.4, -0.2) is 5.11 Å². The zero-order chi connectivity index (χ0) is 10.8. The zero-order valence-electron chi connectivity index (χ0n) is 7.71. The lowest BCUT2D eigenvalue weighted by Crippen LogP contribution is -1.84. The highest BCUT2D eigenvalue weighted by atomic mass is 35.5. The topological polar surface area (TPSA) is 33.4 Å². The normalized spacial score (nSPS) is 10.6. The molecule has 0 bridgehead atoms. The van der Waals surface area contributed by atoms with E-state index in [1.165, 1.54) is 6.26 Å². The highest BCUT2D eigenvalue weighted by molar-refractivity contribution is 6.36. The largest absolute Gasteiger partial charge is 0.464 e. The number of hydrogen-bond donors (Lipinski definition) is 1. The maximum Gasteiger partial charge on any atom is 0.140 e. The minimum absolute atomic E-state index is 0.0786. The predicted molar refractivity (Wildman–Crippen MR) is 60.1 cm³/mol. The summed E-state index contributed by atoms with van der Waals surface area (Å²) in [5.41, 5.74) is 1.44. The molecule has 0 aliphatic rings. The standard InChI is InChI=1S/C11H8Cl2O2/c12-8-1-2-9(10(13)5-8)11-7(6-14)3-4-15-11/h1-5,14H,6H2. The highest BCUT2D eigenvalue weighted by Gasteiger charge is 2.11. The number of aliphatic hydroxyl groups is 1. The molecule has 2 nitrogen and oxygen atoms in total. The lowest BCUT2D eigenvalue weighted by Gasteiger charge is -2.03. The molecule has 15 heavy (non-hydrogen) atoms. The SMILES string of the molecule is OCc1ccoc1-c1ccc(Cl)cc1Cl. The monoisotopic (exact) mass is 242 g/mol. The molecule has 0 saturated carbocycles. The molecule has 1 heterocycles. The Morgan fingerprint density at radius 2 is 2.00 bits per heavy atom. The van der Waals surface area contributed by atoms with Crippen molar-refractivity contribution in [3.63, 3.8) is 0 Å². The molecule has 0 spiro atoms. The Balaban J connectivity index is 2.54. The second kappa shape index (κ2) is 4.27. The van der Waals surface area contributed by atoms with Crippen LogP contribution in [0.2, 0.25) is 10.0 Å². The van der Waals surface area contributed by atoms with E-state index < -0.39 is 0 Å². The molecule has 2 aromatic rings. The number of furan rings is 1. The van der Waals surface area contributed by atoms with E-state index in [1.54, 1.807) is 24.3 Å². The van der Waals surface area contributed by atoms with E-state index >= 15 is 0 Å². The van der Waals surface area contributed by atoms with Gasteiger partial charge in [-0.15, -0.1) is 0 Å². The van der Waals surface area contributed by atoms with Gasteiger partial charge in [-0.1, -0.05) is 23.2 Å². The predicted octanol–water partition coefficient (Wildman–Crippen LogP) is 3.75. The molecule has 0 fully saturated rings. The molecule has 2 rings (SSSR count). The number of hydrogen-bond acceptors (Lipinski definition) is 2. The van der Waals surface area contributed by atoms with Crippen LogP contribution in [0.25, 0.3) is 11.3 Å². The van der Waals surface area contributed by atoms with Crippen LogP contribution in [0.3, 0.4) is 0 Å². The summed E-state index contributed by atoms with van der Waals surface area (Å²) in [7, 11) is 0. The van der Waals surface area contributed by atoms with E-state index in [-0.39, 0.29) is 6.61 Å². The maximum atomic E-state index is 9.08. The van der Waals surface area contributed by atoms with Gasteiger partial charge in [0.05, 0.1) is 17.9 Å². The number of halogens is 2. The Morgan fingerprint density at radius 1 is 1.20 bits per heavy atom. The van der Waals surface area contributed by atoms with Crippen LogP contribution >= 0.6 is 23.2 Å². The van der Waals surface area contributed by atoms with E-state index in [0.29, 0.717) is 21.4 Å². The van der Waals surface area contributed by atoms with Gasteiger partial charge in [-0.05, 0) is 24.3 Å². The summed E-state index contributed by atoms with van der Waals surface area (Å²) in [6.07, 6.45) is 1.52. The molecule has 0 atom stereocenters. The Bertz CT molecular complexity index is 477. The molecule has 0 amide bonds. The molecule has 0 aliphatic heterocycles. The molecular formula is C11H8Cl2O2. The van der Waals surface area contributed by atoms with Crippen molar-refractivity contribution in [2.75, 3.05) is 0 Å². The van der Waals surface area contributed by atoms with Crippen molar-refractivity contribution >= 4 is 23.2 Å². The first-order valence-corrected chi connectivity index (χ1v) is 5.10. The van der Waals surface area contributed by atoms with Crippen LogP contribution in [0.4, 0.5) is 0 Å². The zero-order valence-corrected chi connectivity index (χ0v) is 9.22. The van der Waals surface area contributed by atoms with Crippen LogP contribution in [0.1, 0.15) is 5.56 Å².